The van der Waals surface area contributed by atoms with Crippen molar-refractivity contribution in [3.8, 4) is 0 Å². The molecular formula is C42H83NO8. The van der Waals surface area contributed by atoms with Gasteiger partial charge in [-0.3, -0.25) is 4.79 Å². The summed E-state index contributed by atoms with van der Waals surface area (Å²) in [6.07, 6.45) is 29.3. The van der Waals surface area contributed by atoms with Crippen LogP contribution in [0.4, 0.5) is 0 Å². The highest BCUT2D eigenvalue weighted by Gasteiger charge is 2.44. The molecule has 1 saturated heterocycles. The number of nitrogens with one attached hydrogen (secondary N) is 1. The van der Waals surface area contributed by atoms with Crippen LogP contribution < -0.4 is 5.32 Å². The molecule has 0 aromatic rings. The molecular weight excluding hydrogens is 646 g/mol. The smallest absolute Gasteiger partial charge is 0.220 e. The maximum absolute atomic E-state index is 12.8. The average Bonchev–Trinajstić information content (AvgIpc) is 3.13. The Kier molecular flexibility index (Phi) is 31.9. The monoisotopic (exact) mass is 730 g/mol. The third kappa shape index (κ3) is 25.0. The Balaban J connectivity index is 2.04. The predicted molar refractivity (Wildman–Crippen MR) is 208 cm³/mol. The molecule has 6 N–H and O–H groups in total. The predicted octanol–water partition coefficient (Wildman–Crippen LogP) is 8.39. The van der Waals surface area contributed by atoms with Crippen molar-refractivity contribution in [3.05, 3.63) is 0 Å². The van der Waals surface area contributed by atoms with Gasteiger partial charge in [-0.2, -0.15) is 0 Å². The second-order valence-corrected chi connectivity index (χ2v) is 15.5. The van der Waals surface area contributed by atoms with E-state index in [1.807, 2.05) is 0 Å². The van der Waals surface area contributed by atoms with Gasteiger partial charge in [-0.15, -0.1) is 0 Å². The summed E-state index contributed by atoms with van der Waals surface area (Å²) in [6.45, 7) is 3.68. The molecule has 51 heavy (non-hydrogen) atoms. The van der Waals surface area contributed by atoms with Crippen molar-refractivity contribution in [2.75, 3.05) is 13.2 Å². The van der Waals surface area contributed by atoms with Crippen molar-refractivity contribution in [1.82, 2.24) is 5.32 Å². The summed E-state index contributed by atoms with van der Waals surface area (Å²) >= 11 is 0. The largest absolute Gasteiger partial charge is 0.394 e. The minimum absolute atomic E-state index is 0.138. The number of hydrogen-bond donors (Lipinski definition) is 6. The first-order valence-electron chi connectivity index (χ1n) is 21.7. The van der Waals surface area contributed by atoms with E-state index in [-0.39, 0.29) is 12.5 Å². The number of aliphatic hydroxyl groups excluding tert-OH is 5. The molecule has 0 aliphatic carbocycles. The lowest BCUT2D eigenvalue weighted by molar-refractivity contribution is -0.302. The minimum Gasteiger partial charge on any atom is -0.394 e. The molecule has 1 amide bonds. The number of carbonyl (C=O) groups excluding carboxylic acids is 1. The highest BCUT2D eigenvalue weighted by atomic mass is 16.7. The van der Waals surface area contributed by atoms with Crippen molar-refractivity contribution < 1.29 is 39.8 Å². The molecule has 9 nitrogen and oxygen atoms in total. The molecule has 0 radical (unpaired) electrons. The fraction of sp³-hybridized carbons (Fsp3) is 0.976. The first-order valence-corrected chi connectivity index (χ1v) is 21.7. The normalized spacial score (nSPS) is 21.9. The minimum atomic E-state index is -1.54. The standard InChI is InChI=1S/C42H83NO8/c1-3-5-7-8-9-10-11-12-13-14-15-16-17-18-19-20-21-22-23-24-25-26-27-28-30-32-38(46)43-35(36(45)31-29-6-4-2)34-50-42-41(49)40(48)39(47)37(33-44)51-42/h35-37,39-42,44-45,47-49H,3-34H2,1-2H3,(H,43,46). The zero-order chi connectivity index (χ0) is 37.4. The highest BCUT2D eigenvalue weighted by Crippen LogP contribution is 2.23. The number of rotatable bonds is 36. The Labute approximate surface area is 313 Å². The fourth-order valence-electron chi connectivity index (χ4n) is 7.16. The van der Waals surface area contributed by atoms with Gasteiger partial charge >= 0.3 is 0 Å². The lowest BCUT2D eigenvalue weighted by Crippen LogP contribution is -2.60. The fourth-order valence-corrected chi connectivity index (χ4v) is 7.16. The van der Waals surface area contributed by atoms with Gasteiger partial charge in [0.15, 0.2) is 6.29 Å². The zero-order valence-corrected chi connectivity index (χ0v) is 33.1. The number of ether oxygens (including phenoxy) is 2. The molecule has 7 atom stereocenters. The first kappa shape index (κ1) is 48.2. The first-order chi connectivity index (χ1) is 24.8. The molecule has 0 bridgehead atoms. The van der Waals surface area contributed by atoms with Crippen LogP contribution in [0.1, 0.15) is 206 Å². The Bertz CT molecular complexity index is 771. The Morgan fingerprint density at radius 1 is 0.588 bits per heavy atom. The topological polar surface area (TPSA) is 149 Å². The molecule has 0 aromatic heterocycles. The van der Waals surface area contributed by atoms with Gasteiger partial charge in [-0.1, -0.05) is 187 Å². The van der Waals surface area contributed by atoms with Crippen molar-refractivity contribution in [1.29, 1.82) is 0 Å². The second-order valence-electron chi connectivity index (χ2n) is 15.5. The molecule has 0 spiro atoms. The number of carbonyl (C=O) groups is 1. The van der Waals surface area contributed by atoms with E-state index in [9.17, 15) is 30.3 Å². The molecule has 7 unspecified atom stereocenters. The number of amides is 1. The molecule has 9 heteroatoms. The van der Waals surface area contributed by atoms with Gasteiger partial charge < -0.3 is 40.3 Å². The third-order valence-corrected chi connectivity index (χ3v) is 10.7. The van der Waals surface area contributed by atoms with Crippen LogP contribution in [-0.4, -0.2) is 87.5 Å². The summed E-state index contributed by atoms with van der Waals surface area (Å²) in [5, 5.41) is 53.5. The Morgan fingerprint density at radius 2 is 0.980 bits per heavy atom. The van der Waals surface area contributed by atoms with E-state index in [2.05, 4.69) is 19.2 Å². The second kappa shape index (κ2) is 33.7. The van der Waals surface area contributed by atoms with E-state index in [0.717, 1.165) is 38.5 Å². The van der Waals surface area contributed by atoms with Crippen LogP contribution >= 0.6 is 0 Å². The highest BCUT2D eigenvalue weighted by molar-refractivity contribution is 5.76. The average molecular weight is 730 g/mol. The summed E-state index contributed by atoms with van der Waals surface area (Å²) in [6, 6.07) is -0.707. The van der Waals surface area contributed by atoms with Gasteiger partial charge in [0.05, 0.1) is 25.4 Å². The van der Waals surface area contributed by atoms with Crippen molar-refractivity contribution in [2.24, 2.45) is 0 Å². The molecule has 1 aliphatic rings. The quantitative estimate of drug-likeness (QED) is 0.0353. The van der Waals surface area contributed by atoms with Gasteiger partial charge in [-0.05, 0) is 12.8 Å². The summed E-state index contributed by atoms with van der Waals surface area (Å²) in [5.41, 5.74) is 0. The van der Waals surface area contributed by atoms with E-state index in [4.69, 9.17) is 9.47 Å². The molecule has 0 aromatic carbocycles. The van der Waals surface area contributed by atoms with Crippen LogP contribution in [0.3, 0.4) is 0 Å². The molecule has 1 heterocycles. The van der Waals surface area contributed by atoms with Crippen molar-refractivity contribution in [2.45, 2.75) is 249 Å². The van der Waals surface area contributed by atoms with Crippen LogP contribution in [0.5, 0.6) is 0 Å². The Hall–Kier alpha value is -0.810. The van der Waals surface area contributed by atoms with Crippen LogP contribution in [-0.2, 0) is 14.3 Å². The van der Waals surface area contributed by atoms with Crippen LogP contribution in [0.2, 0.25) is 0 Å². The third-order valence-electron chi connectivity index (χ3n) is 10.7. The molecule has 0 saturated carbocycles. The maximum atomic E-state index is 12.8. The summed E-state index contributed by atoms with van der Waals surface area (Å²) in [7, 11) is 0. The van der Waals surface area contributed by atoms with E-state index in [0.29, 0.717) is 12.8 Å². The van der Waals surface area contributed by atoms with E-state index >= 15 is 0 Å². The number of hydrogen-bond acceptors (Lipinski definition) is 8. The zero-order valence-electron chi connectivity index (χ0n) is 33.1. The lowest BCUT2D eigenvalue weighted by Gasteiger charge is -2.40. The van der Waals surface area contributed by atoms with Crippen LogP contribution in [0.25, 0.3) is 0 Å². The SMILES string of the molecule is CCCCCCCCCCCCCCCCCCCCCCCCCCCC(=O)NC(COC1OC(CO)C(O)C(O)C1O)C(O)CCCCC. The van der Waals surface area contributed by atoms with E-state index in [1.54, 1.807) is 0 Å². The van der Waals surface area contributed by atoms with Gasteiger partial charge in [0.25, 0.3) is 0 Å². The van der Waals surface area contributed by atoms with Crippen LogP contribution in [0, 0.1) is 0 Å². The van der Waals surface area contributed by atoms with Gasteiger partial charge in [0.1, 0.15) is 24.4 Å². The van der Waals surface area contributed by atoms with E-state index in [1.165, 1.54) is 141 Å². The van der Waals surface area contributed by atoms with E-state index < -0.39 is 49.5 Å². The van der Waals surface area contributed by atoms with Crippen molar-refractivity contribution in [3.63, 3.8) is 0 Å². The summed E-state index contributed by atoms with van der Waals surface area (Å²) < 4.78 is 11.1. The van der Waals surface area contributed by atoms with Gasteiger partial charge in [-0.25, -0.2) is 0 Å². The number of unbranched alkanes of at least 4 members (excludes halogenated alkanes) is 26. The van der Waals surface area contributed by atoms with Gasteiger partial charge in [0.2, 0.25) is 5.91 Å². The molecule has 1 aliphatic heterocycles. The summed E-state index contributed by atoms with van der Waals surface area (Å²) in [4.78, 5) is 12.8. The summed E-state index contributed by atoms with van der Waals surface area (Å²) in [5.74, 6) is -0.152. The number of aliphatic hydroxyl groups is 5. The molecule has 304 valence electrons. The molecule has 1 fully saturated rings. The molecule has 1 rings (SSSR count). The van der Waals surface area contributed by atoms with Gasteiger partial charge in [0, 0.05) is 6.42 Å². The van der Waals surface area contributed by atoms with Crippen molar-refractivity contribution >= 4 is 5.91 Å². The lowest BCUT2D eigenvalue weighted by atomic mass is 9.99. The maximum Gasteiger partial charge on any atom is 0.220 e. The Morgan fingerprint density at radius 3 is 1.39 bits per heavy atom. The van der Waals surface area contributed by atoms with Crippen LogP contribution in [0.15, 0.2) is 0 Å².